The van der Waals surface area contributed by atoms with Gasteiger partial charge >= 0.3 is 5.97 Å². The van der Waals surface area contributed by atoms with Gasteiger partial charge in [-0.15, -0.1) is 0 Å². The van der Waals surface area contributed by atoms with Crippen molar-refractivity contribution in [3.05, 3.63) is 58.7 Å². The fraction of sp³-hybridized carbons (Fsp3) is 0.300. The number of benzene rings is 2. The molecule has 2 aromatic rings. The van der Waals surface area contributed by atoms with E-state index < -0.39 is 28.8 Å². The zero-order chi connectivity index (χ0) is 19.4. The van der Waals surface area contributed by atoms with Gasteiger partial charge in [0.05, 0.1) is 21.3 Å². The Kier molecular flexibility index (Phi) is 6.32. The average molecular weight is 373 g/mol. The number of carbonyl (C=O) groups is 2. The zero-order valence-electron chi connectivity index (χ0n) is 15.6. The van der Waals surface area contributed by atoms with E-state index >= 15 is 0 Å². The Hall–Kier alpha value is -2.47. The van der Waals surface area contributed by atoms with Crippen LogP contribution in [0, 0.1) is 20.8 Å². The Morgan fingerprint density at radius 2 is 1.65 bits per heavy atom. The van der Waals surface area contributed by atoms with Crippen LogP contribution in [0.25, 0.3) is 0 Å². The number of amides is 1. The van der Waals surface area contributed by atoms with E-state index in [2.05, 4.69) is 5.32 Å². The third kappa shape index (κ3) is 4.58. The van der Waals surface area contributed by atoms with Gasteiger partial charge in [0.2, 0.25) is 0 Å². The Balaban J connectivity index is 2.13. The minimum Gasteiger partial charge on any atom is -0.449 e. The van der Waals surface area contributed by atoms with Crippen molar-refractivity contribution in [3.8, 4) is 0 Å². The summed E-state index contributed by atoms with van der Waals surface area (Å²) < 4.78 is 17.0. The Labute approximate surface area is 156 Å². The summed E-state index contributed by atoms with van der Waals surface area (Å²) >= 11 is 0. The van der Waals surface area contributed by atoms with Crippen molar-refractivity contribution in [2.45, 2.75) is 38.7 Å². The molecule has 2 rings (SSSR count). The van der Waals surface area contributed by atoms with Crippen LogP contribution in [-0.4, -0.2) is 28.4 Å². The Bertz CT molecular complexity index is 853. The normalized spacial score (nSPS) is 13.0. The van der Waals surface area contributed by atoms with E-state index in [0.717, 1.165) is 22.4 Å². The molecule has 0 bridgehead atoms. The molecule has 0 radical (unpaired) electrons. The quantitative estimate of drug-likeness (QED) is 0.814. The van der Waals surface area contributed by atoms with Crippen molar-refractivity contribution in [2.24, 2.45) is 0 Å². The third-order valence-corrected chi connectivity index (χ3v) is 4.97. The van der Waals surface area contributed by atoms with Crippen molar-refractivity contribution in [1.29, 1.82) is 0 Å². The number of hydrogen-bond acceptors (Lipinski definition) is 4. The summed E-state index contributed by atoms with van der Waals surface area (Å²) in [7, 11) is -1.33. The van der Waals surface area contributed by atoms with E-state index in [1.807, 2.05) is 32.9 Å². The van der Waals surface area contributed by atoms with Crippen LogP contribution in [-0.2, 0) is 20.3 Å². The van der Waals surface area contributed by atoms with E-state index in [1.54, 1.807) is 18.2 Å². The lowest BCUT2D eigenvalue weighted by atomic mass is 10.0. The van der Waals surface area contributed by atoms with Gasteiger partial charge in [-0.05, 0) is 51.0 Å². The number of carbonyl (C=O) groups excluding carboxylic acids is 2. The molecule has 0 aliphatic rings. The van der Waals surface area contributed by atoms with E-state index in [4.69, 9.17) is 4.74 Å². The van der Waals surface area contributed by atoms with Gasteiger partial charge in [0, 0.05) is 11.9 Å². The number of nitrogens with one attached hydrogen (secondary N) is 1. The first-order valence-corrected chi connectivity index (χ1v) is 9.78. The predicted molar refractivity (Wildman–Crippen MR) is 103 cm³/mol. The van der Waals surface area contributed by atoms with Gasteiger partial charge in [-0.1, -0.05) is 29.8 Å². The lowest BCUT2D eigenvalue weighted by Crippen LogP contribution is -2.30. The highest BCUT2D eigenvalue weighted by Gasteiger charge is 2.22. The fourth-order valence-corrected chi connectivity index (χ4v) is 3.50. The van der Waals surface area contributed by atoms with E-state index in [1.165, 1.54) is 19.2 Å². The summed E-state index contributed by atoms with van der Waals surface area (Å²) in [5, 5.41) is 2.82. The Morgan fingerprint density at radius 3 is 2.23 bits per heavy atom. The molecular formula is C20H23NO4S. The maximum Gasteiger partial charge on any atom is 0.340 e. The lowest BCUT2D eigenvalue weighted by molar-refractivity contribution is -0.123. The summed E-state index contributed by atoms with van der Waals surface area (Å²) in [6, 6.07) is 10.5. The van der Waals surface area contributed by atoms with Crippen molar-refractivity contribution >= 4 is 28.4 Å². The highest BCUT2D eigenvalue weighted by Crippen LogP contribution is 2.22. The second-order valence-electron chi connectivity index (χ2n) is 6.26. The summed E-state index contributed by atoms with van der Waals surface area (Å²) in [5.74, 6) is -1.08. The standard InChI is InChI=1S/C20H23NO4S/c1-12-10-13(2)18(14(3)11-12)21-19(22)15(4)25-20(23)16-8-6-7-9-17(16)26(5)24/h6-11,15H,1-5H3,(H,21,22)/t15-,26-/m1/s1. The van der Waals surface area contributed by atoms with Crippen LogP contribution in [0.4, 0.5) is 5.69 Å². The first kappa shape index (κ1) is 19.8. The van der Waals surface area contributed by atoms with Crippen LogP contribution < -0.4 is 5.32 Å². The molecule has 2 aromatic carbocycles. The highest BCUT2D eigenvalue weighted by atomic mass is 32.2. The van der Waals surface area contributed by atoms with Crippen LogP contribution in [0.5, 0.6) is 0 Å². The molecule has 2 atom stereocenters. The first-order valence-electron chi connectivity index (χ1n) is 8.23. The summed E-state index contributed by atoms with van der Waals surface area (Å²) in [6.07, 6.45) is 0.506. The number of ether oxygens (including phenoxy) is 1. The summed E-state index contributed by atoms with van der Waals surface area (Å²) in [5.41, 5.74) is 3.93. The second-order valence-corrected chi connectivity index (χ2v) is 7.61. The first-order chi connectivity index (χ1) is 12.2. The van der Waals surface area contributed by atoms with Crippen molar-refractivity contribution < 1.29 is 18.5 Å². The molecule has 6 heteroatoms. The molecule has 0 fully saturated rings. The number of hydrogen-bond donors (Lipinski definition) is 1. The van der Waals surface area contributed by atoms with Gasteiger partial charge in [-0.3, -0.25) is 9.00 Å². The highest BCUT2D eigenvalue weighted by molar-refractivity contribution is 7.84. The third-order valence-electron chi connectivity index (χ3n) is 3.99. The van der Waals surface area contributed by atoms with Gasteiger partial charge in [0.25, 0.3) is 5.91 Å². The largest absolute Gasteiger partial charge is 0.449 e. The fourth-order valence-electron chi connectivity index (χ4n) is 2.77. The van der Waals surface area contributed by atoms with E-state index in [-0.39, 0.29) is 5.56 Å². The maximum atomic E-state index is 12.4. The van der Waals surface area contributed by atoms with Gasteiger partial charge in [0.1, 0.15) is 0 Å². The number of esters is 1. The molecule has 5 nitrogen and oxygen atoms in total. The van der Waals surface area contributed by atoms with Gasteiger partial charge < -0.3 is 10.1 Å². The number of anilines is 1. The van der Waals surface area contributed by atoms with Gasteiger partial charge in [-0.25, -0.2) is 4.79 Å². The van der Waals surface area contributed by atoms with Crippen LogP contribution >= 0.6 is 0 Å². The molecule has 138 valence electrons. The second kappa shape index (κ2) is 8.27. The molecular weight excluding hydrogens is 350 g/mol. The average Bonchev–Trinajstić information content (AvgIpc) is 2.57. The van der Waals surface area contributed by atoms with E-state index in [9.17, 15) is 13.8 Å². The van der Waals surface area contributed by atoms with Crippen molar-refractivity contribution in [1.82, 2.24) is 0 Å². The number of aryl methyl sites for hydroxylation is 3. The van der Waals surface area contributed by atoms with Crippen LogP contribution in [0.1, 0.15) is 34.0 Å². The topological polar surface area (TPSA) is 72.5 Å². The maximum absolute atomic E-state index is 12.4. The lowest BCUT2D eigenvalue weighted by Gasteiger charge is -2.17. The molecule has 26 heavy (non-hydrogen) atoms. The van der Waals surface area contributed by atoms with Gasteiger partial charge in [0.15, 0.2) is 6.10 Å². The predicted octanol–water partition coefficient (Wildman–Crippen LogP) is 3.53. The minimum atomic E-state index is -1.33. The molecule has 0 aliphatic heterocycles. The summed E-state index contributed by atoms with van der Waals surface area (Å²) in [6.45, 7) is 7.33. The van der Waals surface area contributed by atoms with Crippen molar-refractivity contribution in [3.63, 3.8) is 0 Å². The summed E-state index contributed by atoms with van der Waals surface area (Å²) in [4.78, 5) is 25.2. The van der Waals surface area contributed by atoms with E-state index in [0.29, 0.717) is 4.90 Å². The number of rotatable bonds is 5. The SMILES string of the molecule is Cc1cc(C)c(NC(=O)[C@@H](C)OC(=O)c2ccccc2[S@@](C)=O)c(C)c1. The minimum absolute atomic E-state index is 0.204. The molecule has 0 heterocycles. The smallest absolute Gasteiger partial charge is 0.340 e. The molecule has 0 saturated carbocycles. The van der Waals surface area contributed by atoms with Gasteiger partial charge in [-0.2, -0.15) is 0 Å². The molecule has 1 amide bonds. The molecule has 0 spiro atoms. The zero-order valence-corrected chi connectivity index (χ0v) is 16.4. The molecule has 0 saturated heterocycles. The van der Waals surface area contributed by atoms with Crippen LogP contribution in [0.15, 0.2) is 41.3 Å². The van der Waals surface area contributed by atoms with Crippen LogP contribution in [0.3, 0.4) is 0 Å². The molecule has 0 aliphatic carbocycles. The monoisotopic (exact) mass is 373 g/mol. The molecule has 0 aromatic heterocycles. The Morgan fingerprint density at radius 1 is 1.08 bits per heavy atom. The molecule has 0 unspecified atom stereocenters. The van der Waals surface area contributed by atoms with Crippen molar-refractivity contribution in [2.75, 3.05) is 11.6 Å². The molecule has 1 N–H and O–H groups in total. The van der Waals surface area contributed by atoms with Crippen LogP contribution in [0.2, 0.25) is 0 Å².